The number of rotatable bonds is 3. The zero-order valence-electron chi connectivity index (χ0n) is 10.9. The van der Waals surface area contributed by atoms with E-state index in [1.165, 1.54) is 6.08 Å². The summed E-state index contributed by atoms with van der Waals surface area (Å²) < 4.78 is 11.1. The number of hydrogen-bond acceptors (Lipinski definition) is 3. The molecule has 0 spiro atoms. The van der Waals surface area contributed by atoms with Gasteiger partial charge in [-0.2, -0.15) is 0 Å². The monoisotopic (exact) mass is 259 g/mol. The standard InChI is InChI=1S/C15H17NO3/c1-2-3-4-6-15(17)16-12-7-8-13-14(11-12)19-10-5-9-18-13/h2-4,6-8,11H,5,9-10H2,1H3,(H,16,17). The summed E-state index contributed by atoms with van der Waals surface area (Å²) in [4.78, 5) is 11.6. The highest BCUT2D eigenvalue weighted by Crippen LogP contribution is 2.32. The first-order valence-electron chi connectivity index (χ1n) is 6.29. The van der Waals surface area contributed by atoms with Crippen LogP contribution in [0.1, 0.15) is 13.3 Å². The van der Waals surface area contributed by atoms with E-state index in [4.69, 9.17) is 9.47 Å². The van der Waals surface area contributed by atoms with E-state index in [-0.39, 0.29) is 5.91 Å². The fraction of sp³-hybridized carbons (Fsp3) is 0.267. The first-order valence-corrected chi connectivity index (χ1v) is 6.29. The van der Waals surface area contributed by atoms with E-state index in [1.807, 2.05) is 19.1 Å². The maximum Gasteiger partial charge on any atom is 0.248 e. The highest BCUT2D eigenvalue weighted by molar-refractivity contribution is 5.99. The van der Waals surface area contributed by atoms with E-state index >= 15 is 0 Å². The van der Waals surface area contributed by atoms with E-state index in [1.54, 1.807) is 24.3 Å². The van der Waals surface area contributed by atoms with Crippen LogP contribution in [0.15, 0.2) is 42.5 Å². The Balaban J connectivity index is 2.05. The third-order valence-electron chi connectivity index (χ3n) is 2.57. The zero-order chi connectivity index (χ0) is 13.5. The molecule has 1 amide bonds. The Bertz CT molecular complexity index is 506. The zero-order valence-corrected chi connectivity index (χ0v) is 10.9. The molecule has 1 aromatic carbocycles. The Labute approximate surface area is 112 Å². The molecule has 0 bridgehead atoms. The fourth-order valence-electron chi connectivity index (χ4n) is 1.68. The van der Waals surface area contributed by atoms with Gasteiger partial charge in [0.05, 0.1) is 13.2 Å². The number of anilines is 1. The van der Waals surface area contributed by atoms with Crippen molar-refractivity contribution in [2.45, 2.75) is 13.3 Å². The molecule has 0 aromatic heterocycles. The predicted molar refractivity (Wildman–Crippen MR) is 74.6 cm³/mol. The first kappa shape index (κ1) is 13.2. The number of ether oxygens (including phenoxy) is 2. The van der Waals surface area contributed by atoms with Crippen molar-refractivity contribution >= 4 is 11.6 Å². The highest BCUT2D eigenvalue weighted by Gasteiger charge is 2.11. The largest absolute Gasteiger partial charge is 0.490 e. The minimum atomic E-state index is -0.174. The van der Waals surface area contributed by atoms with E-state index in [0.717, 1.165) is 12.2 Å². The van der Waals surface area contributed by atoms with Crippen LogP contribution in [0.25, 0.3) is 0 Å². The van der Waals surface area contributed by atoms with Crippen LogP contribution < -0.4 is 14.8 Å². The Kier molecular flexibility index (Phi) is 4.61. The van der Waals surface area contributed by atoms with Gasteiger partial charge in [-0.3, -0.25) is 4.79 Å². The van der Waals surface area contributed by atoms with Gasteiger partial charge in [0.2, 0.25) is 5.91 Å². The second kappa shape index (κ2) is 6.64. The number of carbonyl (C=O) groups excluding carboxylic acids is 1. The van der Waals surface area contributed by atoms with Gasteiger partial charge in [0.1, 0.15) is 0 Å². The summed E-state index contributed by atoms with van der Waals surface area (Å²) in [5.41, 5.74) is 0.694. The van der Waals surface area contributed by atoms with Crippen molar-refractivity contribution in [2.75, 3.05) is 18.5 Å². The number of hydrogen-bond donors (Lipinski definition) is 1. The van der Waals surface area contributed by atoms with E-state index in [9.17, 15) is 4.79 Å². The lowest BCUT2D eigenvalue weighted by Crippen LogP contribution is -2.07. The molecule has 0 radical (unpaired) electrons. The minimum absolute atomic E-state index is 0.174. The smallest absolute Gasteiger partial charge is 0.248 e. The summed E-state index contributed by atoms with van der Waals surface area (Å²) in [5.74, 6) is 1.22. The molecule has 1 heterocycles. The molecule has 1 N–H and O–H groups in total. The molecule has 19 heavy (non-hydrogen) atoms. The number of benzene rings is 1. The van der Waals surface area contributed by atoms with Crippen LogP contribution in [0.3, 0.4) is 0 Å². The molecular weight excluding hydrogens is 242 g/mol. The number of amides is 1. The summed E-state index contributed by atoms with van der Waals surface area (Å²) in [7, 11) is 0. The summed E-state index contributed by atoms with van der Waals surface area (Å²) in [6, 6.07) is 5.39. The normalized spacial score (nSPS) is 14.6. The van der Waals surface area contributed by atoms with Crippen LogP contribution in [0.2, 0.25) is 0 Å². The van der Waals surface area contributed by atoms with Crippen LogP contribution in [0.5, 0.6) is 11.5 Å². The Hall–Kier alpha value is -2.23. The van der Waals surface area contributed by atoms with Crippen molar-refractivity contribution in [2.24, 2.45) is 0 Å². The molecule has 0 atom stereocenters. The Morgan fingerprint density at radius 1 is 1.21 bits per heavy atom. The van der Waals surface area contributed by atoms with Gasteiger partial charge < -0.3 is 14.8 Å². The molecule has 1 aliphatic rings. The molecule has 1 aliphatic heterocycles. The van der Waals surface area contributed by atoms with Crippen molar-refractivity contribution in [3.05, 3.63) is 42.5 Å². The molecule has 1 aromatic rings. The van der Waals surface area contributed by atoms with Gasteiger partial charge >= 0.3 is 0 Å². The van der Waals surface area contributed by atoms with Gasteiger partial charge in [-0.05, 0) is 19.1 Å². The number of allylic oxidation sites excluding steroid dienone is 3. The summed E-state index contributed by atoms with van der Waals surface area (Å²) in [6.07, 6.45) is 7.69. The van der Waals surface area contributed by atoms with Gasteiger partial charge in [0, 0.05) is 24.3 Å². The average molecular weight is 259 g/mol. The maximum absolute atomic E-state index is 11.6. The second-order valence-electron chi connectivity index (χ2n) is 4.09. The topological polar surface area (TPSA) is 47.6 Å². The number of nitrogens with one attached hydrogen (secondary N) is 1. The molecule has 100 valence electrons. The lowest BCUT2D eigenvalue weighted by Gasteiger charge is -2.09. The average Bonchev–Trinajstić information content (AvgIpc) is 2.63. The van der Waals surface area contributed by atoms with Crippen LogP contribution in [-0.4, -0.2) is 19.1 Å². The summed E-state index contributed by atoms with van der Waals surface area (Å²) in [6.45, 7) is 3.18. The van der Waals surface area contributed by atoms with Crippen molar-refractivity contribution in [3.63, 3.8) is 0 Å². The van der Waals surface area contributed by atoms with Gasteiger partial charge in [-0.15, -0.1) is 0 Å². The lowest BCUT2D eigenvalue weighted by atomic mass is 10.2. The van der Waals surface area contributed by atoms with Crippen LogP contribution in [-0.2, 0) is 4.79 Å². The third-order valence-corrected chi connectivity index (χ3v) is 2.57. The molecule has 0 unspecified atom stereocenters. The van der Waals surface area contributed by atoms with Crippen LogP contribution >= 0.6 is 0 Å². The summed E-state index contributed by atoms with van der Waals surface area (Å²) in [5, 5.41) is 2.78. The SMILES string of the molecule is CC=CC=CC(=O)Nc1ccc2c(c1)OCCCO2. The molecule has 0 saturated carbocycles. The van der Waals surface area contributed by atoms with E-state index in [0.29, 0.717) is 24.7 Å². The van der Waals surface area contributed by atoms with Crippen LogP contribution in [0.4, 0.5) is 5.69 Å². The molecule has 0 aliphatic carbocycles. The Morgan fingerprint density at radius 2 is 2.00 bits per heavy atom. The van der Waals surface area contributed by atoms with Crippen molar-refractivity contribution < 1.29 is 14.3 Å². The molecule has 0 saturated heterocycles. The van der Waals surface area contributed by atoms with Crippen LogP contribution in [0, 0.1) is 0 Å². The van der Waals surface area contributed by atoms with E-state index < -0.39 is 0 Å². The maximum atomic E-state index is 11.6. The predicted octanol–water partition coefficient (Wildman–Crippen LogP) is 2.92. The molecule has 2 rings (SSSR count). The molecule has 4 nitrogen and oxygen atoms in total. The third kappa shape index (κ3) is 3.88. The first-order chi connectivity index (χ1) is 9.29. The Morgan fingerprint density at radius 3 is 2.79 bits per heavy atom. The lowest BCUT2D eigenvalue weighted by molar-refractivity contribution is -0.111. The van der Waals surface area contributed by atoms with Gasteiger partial charge in [-0.25, -0.2) is 0 Å². The van der Waals surface area contributed by atoms with Crippen molar-refractivity contribution in [1.29, 1.82) is 0 Å². The van der Waals surface area contributed by atoms with Crippen molar-refractivity contribution in [3.8, 4) is 11.5 Å². The molecule has 0 fully saturated rings. The molecular formula is C15H17NO3. The number of fused-ring (bicyclic) bond motifs is 1. The van der Waals surface area contributed by atoms with Gasteiger partial charge in [-0.1, -0.05) is 18.2 Å². The highest BCUT2D eigenvalue weighted by atomic mass is 16.5. The number of carbonyl (C=O) groups is 1. The van der Waals surface area contributed by atoms with Gasteiger partial charge in [0.15, 0.2) is 11.5 Å². The minimum Gasteiger partial charge on any atom is -0.490 e. The van der Waals surface area contributed by atoms with Gasteiger partial charge in [0.25, 0.3) is 0 Å². The second-order valence-corrected chi connectivity index (χ2v) is 4.09. The molecule has 4 heteroatoms. The quantitative estimate of drug-likeness (QED) is 0.670. The van der Waals surface area contributed by atoms with Crippen molar-refractivity contribution in [1.82, 2.24) is 0 Å². The van der Waals surface area contributed by atoms with E-state index in [2.05, 4.69) is 5.32 Å². The fourth-order valence-corrected chi connectivity index (χ4v) is 1.68. The summed E-state index contributed by atoms with van der Waals surface area (Å²) >= 11 is 0.